The van der Waals surface area contributed by atoms with Crippen molar-refractivity contribution in [2.24, 2.45) is 0 Å². The molecule has 0 spiro atoms. The minimum atomic E-state index is -5.99. The van der Waals surface area contributed by atoms with Gasteiger partial charge in [0.15, 0.2) is 0 Å². The largest absolute Gasteiger partial charge is 0.496 e. The Morgan fingerprint density at radius 3 is 2.22 bits per heavy atom. The molecule has 0 fully saturated rings. The molecule has 3 rings (SSSR count). The van der Waals surface area contributed by atoms with E-state index in [1.165, 1.54) is 19.3 Å². The maximum atomic E-state index is 13.4. The van der Waals surface area contributed by atoms with Gasteiger partial charge < -0.3 is 14.6 Å². The average molecular weight is 588 g/mol. The van der Waals surface area contributed by atoms with Crippen molar-refractivity contribution in [1.29, 1.82) is 0 Å². The third-order valence-corrected chi connectivity index (χ3v) is 7.03. The molecule has 2 amide bonds. The number of alkyl halides is 6. The van der Waals surface area contributed by atoms with Crippen LogP contribution in [0.4, 0.5) is 26.3 Å². The van der Waals surface area contributed by atoms with Gasteiger partial charge >= 0.3 is 12.4 Å². The molecule has 2 aromatic rings. The van der Waals surface area contributed by atoms with Gasteiger partial charge in [0.1, 0.15) is 11.5 Å². The molecule has 0 radical (unpaired) electrons. The third-order valence-electron chi connectivity index (χ3n) is 7.03. The van der Waals surface area contributed by atoms with Crippen LogP contribution in [0.3, 0.4) is 0 Å². The number of carbonyl (C=O) groups is 2. The van der Waals surface area contributed by atoms with E-state index >= 15 is 0 Å². The molecule has 1 unspecified atom stereocenters. The zero-order valence-corrected chi connectivity index (χ0v) is 22.7. The van der Waals surface area contributed by atoms with E-state index in [2.05, 4.69) is 0 Å². The first-order valence-electron chi connectivity index (χ1n) is 12.9. The Balaban J connectivity index is 1.69. The number of imide groups is 1. The molecule has 1 atom stereocenters. The van der Waals surface area contributed by atoms with Crippen LogP contribution in [0.2, 0.25) is 0 Å². The molecule has 6 nitrogen and oxygen atoms in total. The number of rotatable bonds is 11. The smallest absolute Gasteiger partial charge is 0.430 e. The van der Waals surface area contributed by atoms with Crippen LogP contribution < -0.4 is 9.47 Å². The van der Waals surface area contributed by atoms with Crippen molar-refractivity contribution >= 4 is 11.8 Å². The van der Waals surface area contributed by atoms with Crippen LogP contribution in [0, 0.1) is 0 Å². The van der Waals surface area contributed by atoms with Crippen molar-refractivity contribution in [1.82, 2.24) is 4.90 Å². The van der Waals surface area contributed by atoms with E-state index in [1.807, 2.05) is 0 Å². The number of amides is 2. The Labute approximate surface area is 233 Å². The van der Waals surface area contributed by atoms with E-state index in [0.717, 1.165) is 11.0 Å². The summed E-state index contributed by atoms with van der Waals surface area (Å²) in [7, 11) is 1.48. The Kier molecular flexibility index (Phi) is 9.47. The zero-order chi connectivity index (χ0) is 30.6. The highest BCUT2D eigenvalue weighted by atomic mass is 19.4. The second kappa shape index (κ2) is 12.1. The van der Waals surface area contributed by atoms with Gasteiger partial charge in [-0.25, -0.2) is 0 Å². The lowest BCUT2D eigenvalue weighted by atomic mass is 9.78. The van der Waals surface area contributed by atoms with Crippen LogP contribution >= 0.6 is 0 Å². The second-order valence-corrected chi connectivity index (χ2v) is 9.86. The quantitative estimate of drug-likeness (QED) is 0.198. The van der Waals surface area contributed by atoms with Crippen LogP contribution in [-0.4, -0.2) is 54.4 Å². The van der Waals surface area contributed by atoms with Crippen LogP contribution in [0.25, 0.3) is 0 Å². The van der Waals surface area contributed by atoms with Gasteiger partial charge in [0, 0.05) is 23.7 Å². The number of aliphatic hydroxyl groups is 1. The van der Waals surface area contributed by atoms with E-state index in [4.69, 9.17) is 9.47 Å². The van der Waals surface area contributed by atoms with Crippen molar-refractivity contribution in [3.05, 3.63) is 71.3 Å². The van der Waals surface area contributed by atoms with Gasteiger partial charge in [-0.2, -0.15) is 26.3 Å². The van der Waals surface area contributed by atoms with E-state index in [1.54, 1.807) is 38.1 Å². The Morgan fingerprint density at radius 1 is 0.951 bits per heavy atom. The molecular formula is C29H31F6NO5. The summed E-state index contributed by atoms with van der Waals surface area (Å²) in [4.78, 5) is 27.0. The van der Waals surface area contributed by atoms with Crippen LogP contribution in [0.1, 0.15) is 49.8 Å². The van der Waals surface area contributed by atoms with Gasteiger partial charge in [0.2, 0.25) is 5.91 Å². The molecule has 224 valence electrons. The van der Waals surface area contributed by atoms with Crippen LogP contribution in [-0.2, 0) is 27.0 Å². The molecule has 2 aromatic carbocycles. The van der Waals surface area contributed by atoms with Gasteiger partial charge in [-0.15, -0.1) is 0 Å². The normalized spacial score (nSPS) is 18.1. The first kappa shape index (κ1) is 32.0. The van der Waals surface area contributed by atoms with Crippen LogP contribution in [0.5, 0.6) is 11.5 Å². The highest BCUT2D eigenvalue weighted by Crippen LogP contribution is 2.50. The summed E-state index contributed by atoms with van der Waals surface area (Å²) in [5.74, 6) is -0.336. The highest BCUT2D eigenvalue weighted by molar-refractivity contribution is 6.09. The lowest BCUT2D eigenvalue weighted by Gasteiger charge is -2.35. The molecule has 0 saturated heterocycles. The summed E-state index contributed by atoms with van der Waals surface area (Å²) in [5.41, 5.74) is -6.83. The van der Waals surface area contributed by atoms with Crippen molar-refractivity contribution in [2.75, 3.05) is 20.3 Å². The fourth-order valence-corrected chi connectivity index (χ4v) is 4.72. The van der Waals surface area contributed by atoms with E-state index in [0.29, 0.717) is 42.7 Å². The number of methoxy groups -OCH3 is 1. The van der Waals surface area contributed by atoms with Gasteiger partial charge in [0.05, 0.1) is 19.1 Å². The van der Waals surface area contributed by atoms with Crippen molar-refractivity contribution in [3.8, 4) is 11.5 Å². The molecular weight excluding hydrogens is 556 g/mol. The summed E-state index contributed by atoms with van der Waals surface area (Å²) >= 11 is 0. The monoisotopic (exact) mass is 587 g/mol. The Bertz CT molecular complexity index is 1280. The Hall–Kier alpha value is -3.54. The maximum absolute atomic E-state index is 13.4. The van der Waals surface area contributed by atoms with E-state index in [9.17, 15) is 41.0 Å². The molecule has 0 bridgehead atoms. The molecule has 1 aliphatic rings. The minimum absolute atomic E-state index is 0.0225. The summed E-state index contributed by atoms with van der Waals surface area (Å²) in [6.45, 7) is 3.47. The maximum Gasteiger partial charge on any atom is 0.430 e. The zero-order valence-electron chi connectivity index (χ0n) is 22.7. The van der Waals surface area contributed by atoms with Gasteiger partial charge in [-0.05, 0) is 49.9 Å². The van der Waals surface area contributed by atoms with Crippen LogP contribution in [0.15, 0.2) is 54.6 Å². The molecule has 0 saturated carbocycles. The third kappa shape index (κ3) is 6.22. The number of halogens is 6. The molecule has 1 aliphatic heterocycles. The van der Waals surface area contributed by atoms with Gasteiger partial charge in [-0.1, -0.05) is 43.7 Å². The van der Waals surface area contributed by atoms with Crippen molar-refractivity contribution < 1.29 is 50.5 Å². The number of ether oxygens (including phenoxy) is 2. The second-order valence-electron chi connectivity index (χ2n) is 9.86. The first-order chi connectivity index (χ1) is 19.1. The molecule has 1 heterocycles. The summed E-state index contributed by atoms with van der Waals surface area (Å²) < 4.78 is 90.9. The predicted octanol–water partition coefficient (Wildman–Crippen LogP) is 6.00. The summed E-state index contributed by atoms with van der Waals surface area (Å²) in [6.07, 6.45) is -7.95. The number of para-hydroxylation sites is 1. The molecule has 41 heavy (non-hydrogen) atoms. The Morgan fingerprint density at radius 2 is 1.61 bits per heavy atom. The van der Waals surface area contributed by atoms with E-state index in [-0.39, 0.29) is 30.9 Å². The van der Waals surface area contributed by atoms with Gasteiger partial charge in [-0.3, -0.25) is 14.5 Å². The number of nitrogens with zero attached hydrogens (tertiary/aromatic N) is 1. The SMILES string of the molecule is CCCc1cc(C(O)(C(F)(F)F)C(F)(F)F)ccc1OCCCCN1C(=O)C=CC(C)(c2ccccc2OC)C1=O. The highest BCUT2D eigenvalue weighted by Gasteiger charge is 2.71. The molecule has 0 aliphatic carbocycles. The number of hydrogen-bond donors (Lipinski definition) is 1. The lowest BCUT2D eigenvalue weighted by Crippen LogP contribution is -2.53. The lowest BCUT2D eigenvalue weighted by molar-refractivity contribution is -0.376. The summed E-state index contributed by atoms with van der Waals surface area (Å²) in [6, 6.07) is 9.16. The number of carbonyl (C=O) groups excluding carboxylic acids is 2. The molecule has 12 heteroatoms. The first-order valence-corrected chi connectivity index (χ1v) is 12.9. The standard InChI is InChI=1S/C29H31F6NO5/c1-4-9-19-18-20(27(39,28(30,31)32)29(33,34)35)12-13-22(19)41-17-8-7-16-36-24(37)14-15-26(2,25(36)38)21-10-5-6-11-23(21)40-3/h5-6,10-15,18,39H,4,7-9,16-17H2,1-3H3. The topological polar surface area (TPSA) is 76.1 Å². The number of aryl methyl sites for hydroxylation is 1. The van der Waals surface area contributed by atoms with Crippen molar-refractivity contribution in [3.63, 3.8) is 0 Å². The summed E-state index contributed by atoms with van der Waals surface area (Å²) in [5, 5.41) is 9.73. The van der Waals surface area contributed by atoms with Crippen molar-refractivity contribution in [2.45, 2.75) is 62.9 Å². The predicted molar refractivity (Wildman–Crippen MR) is 137 cm³/mol. The molecule has 1 N–H and O–H groups in total. The number of hydrogen-bond acceptors (Lipinski definition) is 5. The average Bonchev–Trinajstić information content (AvgIpc) is 2.91. The number of unbranched alkanes of at least 4 members (excludes halogenated alkanes) is 1. The van der Waals surface area contributed by atoms with Gasteiger partial charge in [0.25, 0.3) is 11.5 Å². The fraction of sp³-hybridized carbons (Fsp3) is 0.448. The minimum Gasteiger partial charge on any atom is -0.496 e. The fourth-order valence-electron chi connectivity index (χ4n) is 4.72. The van der Waals surface area contributed by atoms with E-state index < -0.39 is 40.7 Å². The molecule has 0 aromatic heterocycles. The number of benzene rings is 2.